The van der Waals surface area contributed by atoms with Gasteiger partial charge in [0.25, 0.3) is 5.69 Å². The van der Waals surface area contributed by atoms with Crippen LogP contribution < -0.4 is 0 Å². The summed E-state index contributed by atoms with van der Waals surface area (Å²) in [6.45, 7) is 0. The SMILES string of the molecule is O=C(c1ccc(Br)cc1)c1ccc(Cl)c([N+](=O)[O-])c1. The molecule has 0 radical (unpaired) electrons. The molecule has 0 bridgehead atoms. The second kappa shape index (κ2) is 5.50. The third kappa shape index (κ3) is 3.00. The van der Waals surface area contributed by atoms with Crippen molar-refractivity contribution in [2.24, 2.45) is 0 Å². The topological polar surface area (TPSA) is 60.2 Å². The first-order valence-electron chi connectivity index (χ1n) is 5.23. The summed E-state index contributed by atoms with van der Waals surface area (Å²) in [5.41, 5.74) is 0.419. The molecular formula is C13H7BrClNO3. The van der Waals surface area contributed by atoms with Gasteiger partial charge in [-0.3, -0.25) is 14.9 Å². The molecule has 0 fully saturated rings. The highest BCUT2D eigenvalue weighted by Gasteiger charge is 2.17. The van der Waals surface area contributed by atoms with Crippen molar-refractivity contribution < 1.29 is 9.72 Å². The van der Waals surface area contributed by atoms with Gasteiger partial charge in [-0.2, -0.15) is 0 Å². The number of nitrogens with zero attached hydrogens (tertiary/aromatic N) is 1. The van der Waals surface area contributed by atoms with E-state index in [2.05, 4.69) is 15.9 Å². The van der Waals surface area contributed by atoms with Crippen molar-refractivity contribution in [2.75, 3.05) is 0 Å². The molecule has 4 nitrogen and oxygen atoms in total. The third-order valence-corrected chi connectivity index (χ3v) is 3.36. The molecule has 0 N–H and O–H groups in total. The van der Waals surface area contributed by atoms with E-state index in [9.17, 15) is 14.9 Å². The van der Waals surface area contributed by atoms with Crippen molar-refractivity contribution in [3.8, 4) is 0 Å². The fraction of sp³-hybridized carbons (Fsp3) is 0. The summed E-state index contributed by atoms with van der Waals surface area (Å²) < 4.78 is 0.853. The number of benzene rings is 2. The van der Waals surface area contributed by atoms with Crippen molar-refractivity contribution >= 4 is 39.0 Å². The Morgan fingerprint density at radius 3 is 2.26 bits per heavy atom. The van der Waals surface area contributed by atoms with Gasteiger partial charge in [-0.25, -0.2) is 0 Å². The van der Waals surface area contributed by atoms with E-state index >= 15 is 0 Å². The molecule has 2 rings (SSSR count). The average Bonchev–Trinajstić information content (AvgIpc) is 2.39. The Hall–Kier alpha value is -1.72. The van der Waals surface area contributed by atoms with Gasteiger partial charge in [-0.1, -0.05) is 27.5 Å². The van der Waals surface area contributed by atoms with Crippen molar-refractivity contribution in [3.05, 3.63) is 73.2 Å². The van der Waals surface area contributed by atoms with Gasteiger partial charge in [-0.05, 0) is 36.4 Å². The minimum absolute atomic E-state index is 0.0114. The highest BCUT2D eigenvalue weighted by molar-refractivity contribution is 9.10. The van der Waals surface area contributed by atoms with Gasteiger partial charge in [0.2, 0.25) is 0 Å². The van der Waals surface area contributed by atoms with Crippen molar-refractivity contribution in [2.45, 2.75) is 0 Å². The molecule has 0 atom stereocenters. The summed E-state index contributed by atoms with van der Waals surface area (Å²) in [5, 5.41) is 10.8. The lowest BCUT2D eigenvalue weighted by atomic mass is 10.0. The number of hydrogen-bond donors (Lipinski definition) is 0. The Labute approximate surface area is 122 Å². The van der Waals surface area contributed by atoms with Gasteiger partial charge >= 0.3 is 0 Å². The van der Waals surface area contributed by atoms with Crippen LogP contribution >= 0.6 is 27.5 Å². The summed E-state index contributed by atoms with van der Waals surface area (Å²) >= 11 is 8.98. The van der Waals surface area contributed by atoms with E-state index < -0.39 is 4.92 Å². The second-order valence-corrected chi connectivity index (χ2v) is 5.08. The molecule has 2 aromatic carbocycles. The fourth-order valence-corrected chi connectivity index (χ4v) is 2.01. The van der Waals surface area contributed by atoms with Gasteiger partial charge in [0.05, 0.1) is 4.92 Å². The fourth-order valence-electron chi connectivity index (χ4n) is 1.56. The lowest BCUT2D eigenvalue weighted by molar-refractivity contribution is -0.384. The minimum Gasteiger partial charge on any atom is -0.289 e. The zero-order valence-electron chi connectivity index (χ0n) is 9.47. The van der Waals surface area contributed by atoms with Crippen LogP contribution in [0.1, 0.15) is 15.9 Å². The molecule has 6 heteroatoms. The predicted molar refractivity (Wildman–Crippen MR) is 75.7 cm³/mol. The lowest BCUT2D eigenvalue weighted by Gasteiger charge is -2.02. The third-order valence-electron chi connectivity index (χ3n) is 2.51. The van der Waals surface area contributed by atoms with Crippen LogP contribution in [0.5, 0.6) is 0 Å². The number of nitro benzene ring substituents is 1. The van der Waals surface area contributed by atoms with E-state index in [1.807, 2.05) is 0 Å². The molecule has 96 valence electrons. The smallest absolute Gasteiger partial charge is 0.288 e. The first-order chi connectivity index (χ1) is 8.99. The highest BCUT2D eigenvalue weighted by atomic mass is 79.9. The molecule has 0 saturated carbocycles. The van der Waals surface area contributed by atoms with Crippen LogP contribution in [-0.2, 0) is 0 Å². The maximum atomic E-state index is 12.2. The Morgan fingerprint density at radius 1 is 1.11 bits per heavy atom. The van der Waals surface area contributed by atoms with Crippen molar-refractivity contribution in [1.29, 1.82) is 0 Å². The summed E-state index contributed by atoms with van der Waals surface area (Å²) in [6.07, 6.45) is 0. The predicted octanol–water partition coefficient (Wildman–Crippen LogP) is 4.24. The molecule has 0 saturated heterocycles. The summed E-state index contributed by atoms with van der Waals surface area (Å²) in [5.74, 6) is -0.285. The van der Waals surface area contributed by atoms with Crippen LogP contribution in [0.3, 0.4) is 0 Å². The average molecular weight is 341 g/mol. The molecule has 0 aromatic heterocycles. The maximum Gasteiger partial charge on any atom is 0.288 e. The largest absolute Gasteiger partial charge is 0.289 e. The Morgan fingerprint density at radius 2 is 1.68 bits per heavy atom. The quantitative estimate of drug-likeness (QED) is 0.477. The van der Waals surface area contributed by atoms with Crippen LogP contribution in [-0.4, -0.2) is 10.7 Å². The van der Waals surface area contributed by atoms with Gasteiger partial charge in [-0.15, -0.1) is 0 Å². The van der Waals surface area contributed by atoms with E-state index in [4.69, 9.17) is 11.6 Å². The summed E-state index contributed by atoms with van der Waals surface area (Å²) in [6, 6.07) is 10.8. The van der Waals surface area contributed by atoms with E-state index in [0.29, 0.717) is 5.56 Å². The molecule has 0 spiro atoms. The molecule has 0 aliphatic heterocycles. The van der Waals surface area contributed by atoms with Crippen LogP contribution in [0.25, 0.3) is 0 Å². The number of halogens is 2. The van der Waals surface area contributed by atoms with E-state index in [0.717, 1.165) is 4.47 Å². The Balaban J connectivity index is 2.42. The minimum atomic E-state index is -0.610. The molecular weight excluding hydrogens is 334 g/mol. The monoisotopic (exact) mass is 339 g/mol. The zero-order valence-corrected chi connectivity index (χ0v) is 11.8. The normalized spacial score (nSPS) is 10.2. The Bertz CT molecular complexity index is 655. The van der Waals surface area contributed by atoms with Gasteiger partial charge in [0, 0.05) is 21.7 Å². The van der Waals surface area contributed by atoms with Gasteiger partial charge in [0.1, 0.15) is 5.02 Å². The molecule has 0 unspecified atom stereocenters. The maximum absolute atomic E-state index is 12.2. The summed E-state index contributed by atoms with van der Waals surface area (Å²) in [4.78, 5) is 22.3. The molecule has 0 heterocycles. The zero-order chi connectivity index (χ0) is 14.0. The molecule has 19 heavy (non-hydrogen) atoms. The van der Waals surface area contributed by atoms with Gasteiger partial charge in [0.15, 0.2) is 5.78 Å². The number of ketones is 1. The van der Waals surface area contributed by atoms with Crippen LogP contribution in [0.4, 0.5) is 5.69 Å². The lowest BCUT2D eigenvalue weighted by Crippen LogP contribution is -2.02. The first kappa shape index (κ1) is 13.7. The van der Waals surface area contributed by atoms with Crippen molar-refractivity contribution in [3.63, 3.8) is 0 Å². The number of hydrogen-bond acceptors (Lipinski definition) is 3. The Kier molecular flexibility index (Phi) is 3.97. The number of rotatable bonds is 3. The molecule has 0 amide bonds. The first-order valence-corrected chi connectivity index (χ1v) is 6.40. The number of nitro groups is 1. The van der Waals surface area contributed by atoms with Crippen LogP contribution in [0, 0.1) is 10.1 Å². The molecule has 0 aliphatic carbocycles. The van der Waals surface area contributed by atoms with E-state index in [-0.39, 0.29) is 22.1 Å². The number of carbonyl (C=O) groups excluding carboxylic acids is 1. The van der Waals surface area contributed by atoms with Crippen molar-refractivity contribution in [1.82, 2.24) is 0 Å². The molecule has 2 aromatic rings. The highest BCUT2D eigenvalue weighted by Crippen LogP contribution is 2.26. The van der Waals surface area contributed by atoms with E-state index in [1.54, 1.807) is 24.3 Å². The van der Waals surface area contributed by atoms with Gasteiger partial charge < -0.3 is 0 Å². The number of carbonyl (C=O) groups is 1. The second-order valence-electron chi connectivity index (χ2n) is 3.76. The standard InChI is InChI=1S/C13H7BrClNO3/c14-10-4-1-8(2-5-10)13(17)9-3-6-11(15)12(7-9)16(18)19/h1-7H. The summed E-state index contributed by atoms with van der Waals surface area (Å²) in [7, 11) is 0. The van der Waals surface area contributed by atoms with Crippen LogP contribution in [0.2, 0.25) is 5.02 Å². The van der Waals surface area contributed by atoms with E-state index in [1.165, 1.54) is 18.2 Å². The van der Waals surface area contributed by atoms with Crippen LogP contribution in [0.15, 0.2) is 46.9 Å². The molecule has 0 aliphatic rings.